The van der Waals surface area contributed by atoms with Crippen LogP contribution in [0.5, 0.6) is 11.5 Å². The molecule has 0 aromatic heterocycles. The molecule has 0 radical (unpaired) electrons. The molecule has 1 N–H and O–H groups in total. The lowest BCUT2D eigenvalue weighted by Gasteiger charge is -2.27. The van der Waals surface area contributed by atoms with E-state index in [2.05, 4.69) is 13.8 Å². The molecule has 0 unspecified atom stereocenters. The van der Waals surface area contributed by atoms with Gasteiger partial charge in [0.1, 0.15) is 5.75 Å². The molecule has 6 heteroatoms. The molecule has 0 saturated carbocycles. The van der Waals surface area contributed by atoms with Gasteiger partial charge in [-0.05, 0) is 35.4 Å². The highest BCUT2D eigenvalue weighted by atomic mass is 35.5. The number of hydrogen-bond acceptors (Lipinski definition) is 3. The molecule has 0 heterocycles. The van der Waals surface area contributed by atoms with Gasteiger partial charge in [0.05, 0.1) is 23.3 Å². The second kappa shape index (κ2) is 10.8. The van der Waals surface area contributed by atoms with E-state index in [4.69, 9.17) is 49.4 Å². The normalized spacial score (nSPS) is 13.8. The lowest BCUT2D eigenvalue weighted by molar-refractivity contribution is 0.174. The Hall–Kier alpha value is -1.13. The van der Waals surface area contributed by atoms with Crippen LogP contribution in [0, 0.1) is 11.8 Å². The van der Waals surface area contributed by atoms with Crippen LogP contribution in [0.25, 0.3) is 0 Å². The fraction of sp³-hybridized carbons (Fsp3) is 0.478. The van der Waals surface area contributed by atoms with Crippen molar-refractivity contribution in [2.45, 2.75) is 33.1 Å². The van der Waals surface area contributed by atoms with Gasteiger partial charge in [-0.3, -0.25) is 0 Å². The Bertz CT molecular complexity index is 767. The van der Waals surface area contributed by atoms with E-state index in [9.17, 15) is 0 Å². The number of alkyl halides is 1. The first-order chi connectivity index (χ1) is 13.7. The van der Waals surface area contributed by atoms with Gasteiger partial charge in [-0.15, -0.1) is 11.6 Å². The van der Waals surface area contributed by atoms with E-state index >= 15 is 0 Å². The van der Waals surface area contributed by atoms with Crippen molar-refractivity contribution in [1.82, 2.24) is 0 Å². The third-order valence-corrected chi connectivity index (χ3v) is 6.01. The molecule has 0 amide bonds. The highest BCUT2D eigenvalue weighted by Crippen LogP contribution is 2.40. The van der Waals surface area contributed by atoms with E-state index in [0.717, 1.165) is 16.9 Å². The van der Waals surface area contributed by atoms with E-state index in [1.807, 2.05) is 50.2 Å². The molecule has 0 spiro atoms. The topological polar surface area (TPSA) is 38.7 Å². The largest absolute Gasteiger partial charge is 0.493 e. The molecule has 2 aromatic rings. The van der Waals surface area contributed by atoms with Crippen molar-refractivity contribution in [2.24, 2.45) is 11.8 Å². The summed E-state index contributed by atoms with van der Waals surface area (Å²) in [6.45, 7) is 9.23. The molecule has 0 aliphatic rings. The number of ether oxygens (including phenoxy) is 2. The van der Waals surface area contributed by atoms with Gasteiger partial charge in [-0.2, -0.15) is 0 Å². The molecule has 0 aliphatic carbocycles. The molecular weight excluding hydrogens is 431 g/mol. The van der Waals surface area contributed by atoms with Crippen LogP contribution in [-0.4, -0.2) is 30.8 Å². The summed E-state index contributed by atoms with van der Waals surface area (Å²) in [5.41, 5.74) is 1.79. The lowest BCUT2D eigenvalue weighted by atomic mass is 9.78. The SMILES string of the molecule is C[C@H](CO)COc1ccc(C(C)(C)c2cc(Cl)c(OC[C@H](C)CCl)c(Cl)c2)cc1. The van der Waals surface area contributed by atoms with E-state index in [-0.39, 0.29) is 23.9 Å². The van der Waals surface area contributed by atoms with Gasteiger partial charge >= 0.3 is 0 Å². The van der Waals surface area contributed by atoms with Crippen molar-refractivity contribution in [3.05, 3.63) is 57.6 Å². The molecule has 2 aromatic carbocycles. The Kier molecular flexibility index (Phi) is 8.96. The van der Waals surface area contributed by atoms with Crippen LogP contribution in [0.4, 0.5) is 0 Å². The van der Waals surface area contributed by atoms with Crippen molar-refractivity contribution in [1.29, 1.82) is 0 Å². The molecule has 2 rings (SSSR count). The smallest absolute Gasteiger partial charge is 0.156 e. The standard InChI is InChI=1S/C23H29Cl3O3/c1-15(11-24)13-29-22-20(25)9-18(10-21(22)26)23(3,4)17-5-7-19(8-6-17)28-14-16(2)12-27/h5-10,15-16,27H,11-14H2,1-4H3/t15-,16-/m1/s1. The van der Waals surface area contributed by atoms with E-state index in [1.165, 1.54) is 0 Å². The van der Waals surface area contributed by atoms with Gasteiger partial charge in [0.2, 0.25) is 0 Å². The highest BCUT2D eigenvalue weighted by molar-refractivity contribution is 6.37. The molecule has 0 bridgehead atoms. The third kappa shape index (κ3) is 6.42. The minimum atomic E-state index is -0.313. The molecule has 160 valence electrons. The van der Waals surface area contributed by atoms with Crippen LogP contribution in [-0.2, 0) is 5.41 Å². The second-order valence-corrected chi connectivity index (χ2v) is 9.21. The van der Waals surface area contributed by atoms with Crippen LogP contribution in [0.1, 0.15) is 38.8 Å². The summed E-state index contributed by atoms with van der Waals surface area (Å²) in [5, 5.41) is 10.1. The maximum atomic E-state index is 9.11. The summed E-state index contributed by atoms with van der Waals surface area (Å²) in [6.07, 6.45) is 0. The van der Waals surface area contributed by atoms with Gasteiger partial charge in [0, 0.05) is 29.7 Å². The molecule has 2 atom stereocenters. The zero-order valence-corrected chi connectivity index (χ0v) is 19.6. The minimum Gasteiger partial charge on any atom is -0.493 e. The summed E-state index contributed by atoms with van der Waals surface area (Å²) in [5.74, 6) is 2.09. The average molecular weight is 460 g/mol. The van der Waals surface area contributed by atoms with Crippen LogP contribution in [0.15, 0.2) is 36.4 Å². The maximum absolute atomic E-state index is 9.11. The predicted molar refractivity (Wildman–Crippen MR) is 122 cm³/mol. The van der Waals surface area contributed by atoms with Crippen LogP contribution >= 0.6 is 34.8 Å². The van der Waals surface area contributed by atoms with Crippen molar-refractivity contribution >= 4 is 34.8 Å². The number of aliphatic hydroxyl groups is 1. The number of aliphatic hydroxyl groups excluding tert-OH is 1. The van der Waals surface area contributed by atoms with Gasteiger partial charge < -0.3 is 14.6 Å². The van der Waals surface area contributed by atoms with Crippen molar-refractivity contribution in [3.8, 4) is 11.5 Å². The number of halogens is 3. The minimum absolute atomic E-state index is 0.101. The first-order valence-corrected chi connectivity index (χ1v) is 11.0. The number of rotatable bonds is 10. The highest BCUT2D eigenvalue weighted by Gasteiger charge is 2.26. The maximum Gasteiger partial charge on any atom is 0.156 e. The first-order valence-electron chi connectivity index (χ1n) is 9.71. The van der Waals surface area contributed by atoms with E-state index < -0.39 is 0 Å². The number of benzene rings is 2. The summed E-state index contributed by atoms with van der Waals surface area (Å²) in [4.78, 5) is 0. The Morgan fingerprint density at radius 2 is 1.45 bits per heavy atom. The Morgan fingerprint density at radius 1 is 0.897 bits per heavy atom. The van der Waals surface area contributed by atoms with E-state index in [1.54, 1.807) is 0 Å². The van der Waals surface area contributed by atoms with Crippen molar-refractivity contribution < 1.29 is 14.6 Å². The van der Waals surface area contributed by atoms with Gasteiger partial charge in [-0.1, -0.05) is 63.0 Å². The summed E-state index contributed by atoms with van der Waals surface area (Å²) in [6, 6.07) is 11.8. The van der Waals surface area contributed by atoms with Gasteiger partial charge in [-0.25, -0.2) is 0 Å². The average Bonchev–Trinajstić information content (AvgIpc) is 2.71. The monoisotopic (exact) mass is 458 g/mol. The fourth-order valence-corrected chi connectivity index (χ4v) is 3.44. The first kappa shape index (κ1) is 24.1. The third-order valence-electron chi connectivity index (χ3n) is 4.92. The molecule has 0 aliphatic heterocycles. The van der Waals surface area contributed by atoms with Crippen molar-refractivity contribution in [3.63, 3.8) is 0 Å². The zero-order valence-electron chi connectivity index (χ0n) is 17.3. The van der Waals surface area contributed by atoms with Crippen LogP contribution < -0.4 is 9.47 Å². The van der Waals surface area contributed by atoms with Crippen LogP contribution in [0.2, 0.25) is 10.0 Å². The Morgan fingerprint density at radius 3 is 1.97 bits per heavy atom. The predicted octanol–water partition coefficient (Wildman–Crippen LogP) is 6.58. The Balaban J connectivity index is 2.19. The molecule has 0 fully saturated rings. The lowest BCUT2D eigenvalue weighted by Crippen LogP contribution is -2.19. The fourth-order valence-electron chi connectivity index (χ4n) is 2.75. The molecule has 0 saturated heterocycles. The van der Waals surface area contributed by atoms with E-state index in [0.29, 0.717) is 34.9 Å². The summed E-state index contributed by atoms with van der Waals surface area (Å²) >= 11 is 18.8. The molecular formula is C23H29Cl3O3. The quantitative estimate of drug-likeness (QED) is 0.408. The summed E-state index contributed by atoms with van der Waals surface area (Å²) in [7, 11) is 0. The van der Waals surface area contributed by atoms with Gasteiger partial charge in [0.25, 0.3) is 0 Å². The van der Waals surface area contributed by atoms with Crippen molar-refractivity contribution in [2.75, 3.05) is 25.7 Å². The van der Waals surface area contributed by atoms with Gasteiger partial charge in [0.15, 0.2) is 5.75 Å². The second-order valence-electron chi connectivity index (χ2n) is 8.09. The summed E-state index contributed by atoms with van der Waals surface area (Å²) < 4.78 is 11.5. The Labute approximate surface area is 188 Å². The van der Waals surface area contributed by atoms with Crippen LogP contribution in [0.3, 0.4) is 0 Å². The zero-order chi connectivity index (χ0) is 21.6. The molecule has 29 heavy (non-hydrogen) atoms. The number of hydrogen-bond donors (Lipinski definition) is 1. The molecule has 3 nitrogen and oxygen atoms in total.